The van der Waals surface area contributed by atoms with Gasteiger partial charge in [-0.05, 0) is 36.4 Å². The molecule has 2 fully saturated rings. The van der Waals surface area contributed by atoms with Crippen LogP contribution in [-0.2, 0) is 6.54 Å². The number of anilines is 1. The number of hydrogen-bond acceptors (Lipinski definition) is 5. The van der Waals surface area contributed by atoms with Gasteiger partial charge in [0.25, 0.3) is 0 Å². The Morgan fingerprint density at radius 2 is 1.69 bits per heavy atom. The van der Waals surface area contributed by atoms with Gasteiger partial charge in [0.05, 0.1) is 20.4 Å². The molecule has 6 nitrogen and oxygen atoms in total. The molecular formula is C23H26N4O2. The zero-order valence-corrected chi connectivity index (χ0v) is 16.9. The van der Waals surface area contributed by atoms with Crippen LogP contribution in [-0.4, -0.2) is 55.1 Å². The zero-order chi connectivity index (χ0) is 19.8. The molecule has 2 saturated heterocycles. The predicted octanol–water partition coefficient (Wildman–Crippen LogP) is 3.21. The van der Waals surface area contributed by atoms with E-state index in [0.29, 0.717) is 5.41 Å². The van der Waals surface area contributed by atoms with E-state index in [2.05, 4.69) is 33.2 Å². The van der Waals surface area contributed by atoms with Crippen LogP contribution in [0.5, 0.6) is 11.5 Å². The van der Waals surface area contributed by atoms with Crippen LogP contribution in [0.2, 0.25) is 0 Å². The molecule has 2 aromatic carbocycles. The summed E-state index contributed by atoms with van der Waals surface area (Å²) in [5, 5.41) is 4.53. The van der Waals surface area contributed by atoms with Gasteiger partial charge < -0.3 is 14.4 Å². The summed E-state index contributed by atoms with van der Waals surface area (Å²) in [4.78, 5) is 4.96. The first kappa shape index (κ1) is 18.1. The van der Waals surface area contributed by atoms with E-state index in [1.165, 1.54) is 11.3 Å². The molecule has 29 heavy (non-hydrogen) atoms. The molecule has 0 unspecified atom stereocenters. The molecule has 0 amide bonds. The maximum Gasteiger partial charge on any atom is 0.144 e. The number of rotatable bonds is 6. The highest BCUT2D eigenvalue weighted by Crippen LogP contribution is 2.42. The van der Waals surface area contributed by atoms with E-state index < -0.39 is 0 Å². The van der Waals surface area contributed by atoms with Gasteiger partial charge in [0.15, 0.2) is 0 Å². The van der Waals surface area contributed by atoms with Crippen molar-refractivity contribution in [3.63, 3.8) is 0 Å². The average Bonchev–Trinajstić information content (AvgIpc) is 3.17. The second-order valence-corrected chi connectivity index (χ2v) is 8.16. The molecule has 0 atom stereocenters. The minimum Gasteiger partial charge on any atom is -0.497 e. The Balaban J connectivity index is 1.15. The molecule has 1 aromatic heterocycles. The Kier molecular flexibility index (Phi) is 4.43. The number of nitrogens with zero attached hydrogens (tertiary/aromatic N) is 4. The highest BCUT2D eigenvalue weighted by atomic mass is 16.5. The fraction of sp³-hybridized carbons (Fsp3) is 0.348. The first-order valence-electron chi connectivity index (χ1n) is 9.96. The van der Waals surface area contributed by atoms with Crippen LogP contribution in [0.15, 0.2) is 60.9 Å². The molecule has 0 N–H and O–H groups in total. The van der Waals surface area contributed by atoms with Crippen LogP contribution in [0.25, 0.3) is 5.69 Å². The van der Waals surface area contributed by atoms with E-state index in [9.17, 15) is 0 Å². The summed E-state index contributed by atoms with van der Waals surface area (Å²) in [5.74, 6) is 1.74. The lowest BCUT2D eigenvalue weighted by Gasteiger charge is -2.61. The standard InChI is InChI=1S/C23H26N4O2/c1-28-20-9-7-19(8-10-20)26-16-23(17-26)14-25(15-23)12-18-11-24-27(13-18)21-5-3-4-6-22(21)29-2/h3-11,13H,12,14-17H2,1-2H3. The minimum absolute atomic E-state index is 0.457. The molecule has 6 heteroatoms. The fourth-order valence-corrected chi connectivity index (χ4v) is 4.60. The Labute approximate surface area is 171 Å². The van der Waals surface area contributed by atoms with Crippen LogP contribution >= 0.6 is 0 Å². The molecule has 2 aliphatic rings. The van der Waals surface area contributed by atoms with Crippen molar-refractivity contribution in [2.24, 2.45) is 5.41 Å². The van der Waals surface area contributed by atoms with E-state index >= 15 is 0 Å². The topological polar surface area (TPSA) is 42.8 Å². The fourth-order valence-electron chi connectivity index (χ4n) is 4.60. The summed E-state index contributed by atoms with van der Waals surface area (Å²) in [6, 6.07) is 16.3. The largest absolute Gasteiger partial charge is 0.497 e. The molecule has 3 heterocycles. The average molecular weight is 390 g/mol. The van der Waals surface area contributed by atoms with Crippen LogP contribution < -0.4 is 14.4 Å². The molecular weight excluding hydrogens is 364 g/mol. The number of methoxy groups -OCH3 is 2. The number of para-hydroxylation sites is 2. The van der Waals surface area contributed by atoms with E-state index in [-0.39, 0.29) is 0 Å². The second-order valence-electron chi connectivity index (χ2n) is 8.16. The molecule has 0 bridgehead atoms. The van der Waals surface area contributed by atoms with E-state index in [1.54, 1.807) is 14.2 Å². The molecule has 1 spiro atoms. The van der Waals surface area contributed by atoms with Gasteiger partial charge in [-0.15, -0.1) is 0 Å². The monoisotopic (exact) mass is 390 g/mol. The van der Waals surface area contributed by atoms with Crippen LogP contribution in [0.4, 0.5) is 5.69 Å². The van der Waals surface area contributed by atoms with Gasteiger partial charge in [-0.2, -0.15) is 5.10 Å². The third-order valence-electron chi connectivity index (χ3n) is 5.98. The molecule has 2 aliphatic heterocycles. The van der Waals surface area contributed by atoms with Crippen molar-refractivity contribution in [1.82, 2.24) is 14.7 Å². The number of benzene rings is 2. The quantitative estimate of drug-likeness (QED) is 0.647. The normalized spacial score (nSPS) is 17.7. The number of aromatic nitrogens is 2. The van der Waals surface area contributed by atoms with Crippen molar-refractivity contribution in [1.29, 1.82) is 0 Å². The Bertz CT molecular complexity index is 984. The minimum atomic E-state index is 0.457. The lowest BCUT2D eigenvalue weighted by Crippen LogP contribution is -2.71. The number of ether oxygens (including phenoxy) is 2. The van der Waals surface area contributed by atoms with Gasteiger partial charge in [0.2, 0.25) is 0 Å². The first-order valence-corrected chi connectivity index (χ1v) is 9.96. The van der Waals surface area contributed by atoms with Crippen molar-refractivity contribution < 1.29 is 9.47 Å². The maximum absolute atomic E-state index is 5.45. The zero-order valence-electron chi connectivity index (χ0n) is 16.9. The smallest absolute Gasteiger partial charge is 0.144 e. The Morgan fingerprint density at radius 1 is 0.931 bits per heavy atom. The summed E-state index contributed by atoms with van der Waals surface area (Å²) in [6.45, 7) is 5.52. The van der Waals surface area contributed by atoms with Gasteiger partial charge >= 0.3 is 0 Å². The van der Waals surface area contributed by atoms with Gasteiger partial charge in [-0.3, -0.25) is 4.90 Å². The van der Waals surface area contributed by atoms with Crippen LogP contribution in [0, 0.1) is 5.41 Å². The van der Waals surface area contributed by atoms with Crippen molar-refractivity contribution in [3.05, 3.63) is 66.5 Å². The van der Waals surface area contributed by atoms with Gasteiger partial charge in [0, 0.05) is 55.6 Å². The molecule has 0 radical (unpaired) electrons. The summed E-state index contributed by atoms with van der Waals surface area (Å²) < 4.78 is 12.6. The van der Waals surface area contributed by atoms with E-state index in [1.807, 2.05) is 47.3 Å². The maximum atomic E-state index is 5.45. The van der Waals surface area contributed by atoms with Crippen molar-refractivity contribution >= 4 is 5.69 Å². The summed E-state index contributed by atoms with van der Waals surface area (Å²) in [5.41, 5.74) is 3.94. The summed E-state index contributed by atoms with van der Waals surface area (Å²) in [6.07, 6.45) is 4.06. The van der Waals surface area contributed by atoms with Gasteiger partial charge in [-0.1, -0.05) is 12.1 Å². The summed E-state index contributed by atoms with van der Waals surface area (Å²) in [7, 11) is 3.40. The molecule has 150 valence electrons. The third-order valence-corrected chi connectivity index (χ3v) is 5.98. The first-order chi connectivity index (χ1) is 14.2. The predicted molar refractivity (Wildman–Crippen MR) is 113 cm³/mol. The van der Waals surface area contributed by atoms with E-state index in [4.69, 9.17) is 9.47 Å². The van der Waals surface area contributed by atoms with Crippen molar-refractivity contribution in [2.45, 2.75) is 6.54 Å². The van der Waals surface area contributed by atoms with Gasteiger partial charge in [0.1, 0.15) is 17.2 Å². The lowest BCUT2D eigenvalue weighted by molar-refractivity contribution is -0.0273. The van der Waals surface area contributed by atoms with Crippen molar-refractivity contribution in [2.75, 3.05) is 45.3 Å². The van der Waals surface area contributed by atoms with Crippen LogP contribution in [0.1, 0.15) is 5.56 Å². The SMILES string of the molecule is COc1ccc(N2CC3(CN(Cc4cnn(-c5ccccc5OC)c4)C3)C2)cc1. The summed E-state index contributed by atoms with van der Waals surface area (Å²) >= 11 is 0. The number of likely N-dealkylation sites (tertiary alicyclic amines) is 1. The number of hydrogen-bond donors (Lipinski definition) is 0. The second kappa shape index (κ2) is 7.12. The Morgan fingerprint density at radius 3 is 2.41 bits per heavy atom. The van der Waals surface area contributed by atoms with Crippen molar-refractivity contribution in [3.8, 4) is 17.2 Å². The molecule has 3 aromatic rings. The third kappa shape index (κ3) is 3.34. The Hall–Kier alpha value is -2.99. The van der Waals surface area contributed by atoms with Gasteiger partial charge in [-0.25, -0.2) is 4.68 Å². The van der Waals surface area contributed by atoms with E-state index in [0.717, 1.165) is 49.9 Å². The molecule has 0 aliphatic carbocycles. The lowest BCUT2D eigenvalue weighted by atomic mass is 9.72. The highest BCUT2D eigenvalue weighted by Gasteiger charge is 2.51. The molecule has 0 saturated carbocycles. The van der Waals surface area contributed by atoms with Crippen LogP contribution in [0.3, 0.4) is 0 Å². The molecule has 5 rings (SSSR count). The highest BCUT2D eigenvalue weighted by molar-refractivity contribution is 5.52.